The van der Waals surface area contributed by atoms with Crippen LogP contribution in [0, 0.1) is 0 Å². The van der Waals surface area contributed by atoms with E-state index in [2.05, 4.69) is 10.5 Å². The van der Waals surface area contributed by atoms with E-state index in [1.165, 1.54) is 0 Å². The molecule has 2 aromatic rings. The molecule has 0 spiro atoms. The second kappa shape index (κ2) is 5.88. The van der Waals surface area contributed by atoms with E-state index in [0.717, 1.165) is 16.9 Å². The Hall–Kier alpha value is -2.27. The van der Waals surface area contributed by atoms with Gasteiger partial charge in [-0.1, -0.05) is 29.4 Å². The fraction of sp³-hybridized carbons (Fsp3) is 0.154. The van der Waals surface area contributed by atoms with Crippen LogP contribution in [0.25, 0.3) is 0 Å². The molecule has 0 aliphatic rings. The molecule has 5 heteroatoms. The average molecular weight is 245 g/mol. The number of rotatable bonds is 5. The Morgan fingerprint density at radius 3 is 2.78 bits per heavy atom. The predicted molar refractivity (Wildman–Crippen MR) is 68.2 cm³/mol. The number of amidine groups is 1. The molecule has 1 aromatic carbocycles. The third-order valence-electron chi connectivity index (χ3n) is 2.60. The summed E-state index contributed by atoms with van der Waals surface area (Å²) in [5.74, 6) is 0.988. The fourth-order valence-corrected chi connectivity index (χ4v) is 1.71. The van der Waals surface area contributed by atoms with Crippen molar-refractivity contribution in [2.75, 3.05) is 0 Å². The van der Waals surface area contributed by atoms with Gasteiger partial charge in [-0.25, -0.2) is 0 Å². The second-order valence-electron chi connectivity index (χ2n) is 3.83. The van der Waals surface area contributed by atoms with Crippen LogP contribution < -0.4 is 11.1 Å². The quantitative estimate of drug-likeness (QED) is 0.324. The summed E-state index contributed by atoms with van der Waals surface area (Å²) in [6.45, 7) is 1.25. The molecule has 18 heavy (non-hydrogen) atoms. The van der Waals surface area contributed by atoms with Gasteiger partial charge in [-0.3, -0.25) is 0 Å². The molecule has 2 rings (SSSR count). The topological polar surface area (TPSA) is 83.8 Å². The largest absolute Gasteiger partial charge is 0.468 e. The molecule has 0 fully saturated rings. The highest BCUT2D eigenvalue weighted by Gasteiger charge is 2.05. The van der Waals surface area contributed by atoms with Crippen LogP contribution in [0.15, 0.2) is 52.2 Å². The first-order chi connectivity index (χ1) is 8.81. The van der Waals surface area contributed by atoms with E-state index in [1.54, 1.807) is 6.26 Å². The van der Waals surface area contributed by atoms with Gasteiger partial charge in [0.1, 0.15) is 5.76 Å². The number of nitrogens with zero attached hydrogens (tertiary/aromatic N) is 1. The number of benzene rings is 1. The van der Waals surface area contributed by atoms with Crippen molar-refractivity contribution in [2.45, 2.75) is 13.1 Å². The Balaban J connectivity index is 2.01. The second-order valence-corrected chi connectivity index (χ2v) is 3.83. The van der Waals surface area contributed by atoms with E-state index >= 15 is 0 Å². The first kappa shape index (κ1) is 12.2. The molecular weight excluding hydrogens is 230 g/mol. The standard InChI is InChI=1S/C13H15N3O2/c14-13(16-17)12-6-2-1-4-10(12)8-15-9-11-5-3-7-18-11/h1-7,15,17H,8-9H2,(H2,14,16). The number of nitrogens with one attached hydrogen (secondary N) is 1. The van der Waals surface area contributed by atoms with Crippen molar-refractivity contribution in [3.8, 4) is 0 Å². The van der Waals surface area contributed by atoms with E-state index in [9.17, 15) is 0 Å². The summed E-state index contributed by atoms with van der Waals surface area (Å²) in [4.78, 5) is 0. The Morgan fingerprint density at radius 1 is 1.22 bits per heavy atom. The zero-order chi connectivity index (χ0) is 12.8. The van der Waals surface area contributed by atoms with Crippen LogP contribution in [0.1, 0.15) is 16.9 Å². The van der Waals surface area contributed by atoms with Crippen LogP contribution in [0.2, 0.25) is 0 Å². The summed E-state index contributed by atoms with van der Waals surface area (Å²) in [6.07, 6.45) is 1.64. The van der Waals surface area contributed by atoms with Crippen molar-refractivity contribution in [1.29, 1.82) is 0 Å². The van der Waals surface area contributed by atoms with Crippen molar-refractivity contribution < 1.29 is 9.62 Å². The maximum Gasteiger partial charge on any atom is 0.170 e. The summed E-state index contributed by atoms with van der Waals surface area (Å²) in [5.41, 5.74) is 7.32. The Labute approximate surface area is 105 Å². The van der Waals surface area contributed by atoms with Crippen molar-refractivity contribution >= 4 is 5.84 Å². The van der Waals surface area contributed by atoms with E-state index in [1.807, 2.05) is 36.4 Å². The lowest BCUT2D eigenvalue weighted by molar-refractivity contribution is 0.318. The minimum Gasteiger partial charge on any atom is -0.468 e. The smallest absolute Gasteiger partial charge is 0.170 e. The van der Waals surface area contributed by atoms with Gasteiger partial charge >= 0.3 is 0 Å². The van der Waals surface area contributed by atoms with Crippen LogP contribution in [0.3, 0.4) is 0 Å². The van der Waals surface area contributed by atoms with E-state index in [0.29, 0.717) is 13.1 Å². The van der Waals surface area contributed by atoms with Crippen molar-refractivity contribution in [3.05, 3.63) is 59.5 Å². The summed E-state index contributed by atoms with van der Waals surface area (Å²) < 4.78 is 5.22. The maximum atomic E-state index is 8.72. The first-order valence-corrected chi connectivity index (χ1v) is 5.60. The third-order valence-corrected chi connectivity index (χ3v) is 2.60. The molecule has 0 unspecified atom stereocenters. The highest BCUT2D eigenvalue weighted by atomic mass is 16.4. The Morgan fingerprint density at radius 2 is 2.06 bits per heavy atom. The van der Waals surface area contributed by atoms with Crippen molar-refractivity contribution in [3.63, 3.8) is 0 Å². The van der Waals surface area contributed by atoms with Crippen molar-refractivity contribution in [2.24, 2.45) is 10.9 Å². The normalized spacial score (nSPS) is 11.7. The summed E-state index contributed by atoms with van der Waals surface area (Å²) in [6, 6.07) is 11.3. The zero-order valence-electron chi connectivity index (χ0n) is 9.84. The molecule has 0 saturated carbocycles. The molecule has 0 saturated heterocycles. The molecule has 94 valence electrons. The minimum absolute atomic E-state index is 0.116. The first-order valence-electron chi connectivity index (χ1n) is 5.60. The van der Waals surface area contributed by atoms with Gasteiger partial charge in [-0.15, -0.1) is 0 Å². The predicted octanol–water partition coefficient (Wildman–Crippen LogP) is 1.66. The summed E-state index contributed by atoms with van der Waals surface area (Å²) in [5, 5.41) is 15.0. The van der Waals surface area contributed by atoms with Gasteiger partial charge in [0.2, 0.25) is 0 Å². The maximum absolute atomic E-state index is 8.72. The SMILES string of the molecule is NC(=NO)c1ccccc1CNCc1ccco1. The Kier molecular flexibility index (Phi) is 3.98. The van der Waals surface area contributed by atoms with Gasteiger partial charge in [0.15, 0.2) is 5.84 Å². The van der Waals surface area contributed by atoms with Crippen molar-refractivity contribution in [1.82, 2.24) is 5.32 Å². The number of hydrogen-bond acceptors (Lipinski definition) is 4. The molecule has 0 atom stereocenters. The summed E-state index contributed by atoms with van der Waals surface area (Å²) >= 11 is 0. The highest BCUT2D eigenvalue weighted by Crippen LogP contribution is 2.08. The van der Waals surface area contributed by atoms with Gasteiger partial charge in [-0.2, -0.15) is 0 Å². The molecule has 0 aliphatic carbocycles. The van der Waals surface area contributed by atoms with E-state index in [4.69, 9.17) is 15.4 Å². The number of furan rings is 1. The van der Waals surface area contributed by atoms with Gasteiger partial charge in [-0.05, 0) is 17.7 Å². The number of hydrogen-bond donors (Lipinski definition) is 3. The molecule has 5 nitrogen and oxygen atoms in total. The molecule has 1 aromatic heterocycles. The van der Waals surface area contributed by atoms with E-state index < -0.39 is 0 Å². The molecule has 0 amide bonds. The highest BCUT2D eigenvalue weighted by molar-refractivity contribution is 5.98. The zero-order valence-corrected chi connectivity index (χ0v) is 9.84. The van der Waals surface area contributed by atoms with Crippen LogP contribution >= 0.6 is 0 Å². The van der Waals surface area contributed by atoms with Crippen LogP contribution in [0.5, 0.6) is 0 Å². The molecular formula is C13H15N3O2. The fourth-order valence-electron chi connectivity index (χ4n) is 1.71. The lowest BCUT2D eigenvalue weighted by Gasteiger charge is -2.08. The molecule has 0 aliphatic heterocycles. The average Bonchev–Trinajstić information content (AvgIpc) is 2.92. The number of oxime groups is 1. The van der Waals surface area contributed by atoms with Crippen LogP contribution in [-0.4, -0.2) is 11.0 Å². The van der Waals surface area contributed by atoms with E-state index in [-0.39, 0.29) is 5.84 Å². The monoisotopic (exact) mass is 245 g/mol. The Bertz CT molecular complexity index is 521. The minimum atomic E-state index is 0.116. The van der Waals surface area contributed by atoms with Gasteiger partial charge in [0.05, 0.1) is 12.8 Å². The van der Waals surface area contributed by atoms with Gasteiger partial charge in [0.25, 0.3) is 0 Å². The number of nitrogens with two attached hydrogens (primary N) is 1. The summed E-state index contributed by atoms with van der Waals surface area (Å²) in [7, 11) is 0. The van der Waals surface area contributed by atoms with Gasteiger partial charge < -0.3 is 20.7 Å². The van der Waals surface area contributed by atoms with Crippen LogP contribution in [0.4, 0.5) is 0 Å². The lowest BCUT2D eigenvalue weighted by atomic mass is 10.1. The molecule has 0 bridgehead atoms. The third kappa shape index (κ3) is 2.89. The van der Waals surface area contributed by atoms with Crippen LogP contribution in [-0.2, 0) is 13.1 Å². The molecule has 4 N–H and O–H groups in total. The van der Waals surface area contributed by atoms with Gasteiger partial charge in [0, 0.05) is 12.1 Å². The lowest BCUT2D eigenvalue weighted by Crippen LogP contribution is -2.19. The molecule has 0 radical (unpaired) electrons. The molecule has 1 heterocycles.